The molecule has 7 nitrogen and oxygen atoms in total. The Hall–Kier alpha value is -0.570. The summed E-state index contributed by atoms with van der Waals surface area (Å²) in [6.45, 7) is -0.133. The first-order chi connectivity index (χ1) is 12.0. The van der Waals surface area contributed by atoms with Crippen molar-refractivity contribution in [3.8, 4) is 0 Å². The third kappa shape index (κ3) is 8.11. The van der Waals surface area contributed by atoms with Gasteiger partial charge in [0.2, 0.25) is 0 Å². The predicted molar refractivity (Wildman–Crippen MR) is 94.1 cm³/mol. The summed E-state index contributed by atoms with van der Waals surface area (Å²) < 4.78 is 0. The normalized spacial score (nSPS) is 27.6. The van der Waals surface area contributed by atoms with E-state index in [2.05, 4.69) is 5.32 Å². The zero-order valence-electron chi connectivity index (χ0n) is 15.0. The topological polar surface area (TPSA) is 130 Å². The first kappa shape index (κ1) is 22.5. The molecular formula is C18H35NO6. The molecule has 1 heterocycles. The molecule has 148 valence electrons. The van der Waals surface area contributed by atoms with Gasteiger partial charge in [0, 0.05) is 19.4 Å². The summed E-state index contributed by atoms with van der Waals surface area (Å²) >= 11 is 0. The Balaban J connectivity index is 2.03. The van der Waals surface area contributed by atoms with Crippen LogP contribution in [0.25, 0.3) is 0 Å². The van der Waals surface area contributed by atoms with Crippen molar-refractivity contribution in [3.63, 3.8) is 0 Å². The van der Waals surface area contributed by atoms with Crippen LogP contribution in [-0.4, -0.2) is 74.9 Å². The molecule has 1 fully saturated rings. The van der Waals surface area contributed by atoms with E-state index in [4.69, 9.17) is 10.2 Å². The Labute approximate surface area is 150 Å². The van der Waals surface area contributed by atoms with Gasteiger partial charge in [0.05, 0.1) is 37.0 Å². The van der Waals surface area contributed by atoms with E-state index >= 15 is 0 Å². The van der Waals surface area contributed by atoms with Crippen molar-refractivity contribution in [3.05, 3.63) is 0 Å². The van der Waals surface area contributed by atoms with Gasteiger partial charge in [-0.3, -0.25) is 4.79 Å². The highest BCUT2D eigenvalue weighted by molar-refractivity contribution is 5.78. The molecule has 0 spiro atoms. The molecule has 0 aromatic heterocycles. The molecule has 1 aliphatic rings. The molecule has 7 heteroatoms. The van der Waals surface area contributed by atoms with Crippen molar-refractivity contribution in [2.75, 3.05) is 13.2 Å². The molecule has 0 aliphatic carbocycles. The Morgan fingerprint density at radius 2 is 1.48 bits per heavy atom. The number of nitrogens with one attached hydrogen (secondary N) is 1. The predicted octanol–water partition coefficient (Wildman–Crippen LogP) is -0.136. The maximum atomic E-state index is 11.6. The van der Waals surface area contributed by atoms with Crippen molar-refractivity contribution in [1.29, 1.82) is 0 Å². The lowest BCUT2D eigenvalue weighted by molar-refractivity contribution is -0.119. The molecule has 25 heavy (non-hydrogen) atoms. The minimum absolute atomic E-state index is 0.145. The SMILES string of the molecule is O=C(CCCCO)CCCCCCCC(O)[C@H]1N[C@H](CO)[C@@H](O)[C@@H]1O. The van der Waals surface area contributed by atoms with Gasteiger partial charge >= 0.3 is 0 Å². The van der Waals surface area contributed by atoms with Crippen molar-refractivity contribution in [1.82, 2.24) is 5.32 Å². The molecule has 1 aliphatic heterocycles. The van der Waals surface area contributed by atoms with Crippen LogP contribution in [0, 0.1) is 0 Å². The van der Waals surface area contributed by atoms with Crippen LogP contribution >= 0.6 is 0 Å². The average Bonchev–Trinajstić information content (AvgIpc) is 2.89. The highest BCUT2D eigenvalue weighted by Crippen LogP contribution is 2.20. The monoisotopic (exact) mass is 361 g/mol. The van der Waals surface area contributed by atoms with Gasteiger partial charge in [-0.05, 0) is 25.7 Å². The van der Waals surface area contributed by atoms with Crippen LogP contribution < -0.4 is 5.32 Å². The van der Waals surface area contributed by atoms with Crippen LogP contribution in [0.2, 0.25) is 0 Å². The maximum absolute atomic E-state index is 11.6. The molecule has 0 saturated carbocycles. The number of ketones is 1. The molecule has 0 radical (unpaired) electrons. The summed E-state index contributed by atoms with van der Waals surface area (Å²) in [5.74, 6) is 0.266. The molecule has 1 rings (SSSR count). The fraction of sp³-hybridized carbons (Fsp3) is 0.944. The molecule has 0 aromatic rings. The number of aliphatic hydroxyl groups excluding tert-OH is 5. The van der Waals surface area contributed by atoms with Crippen LogP contribution in [0.3, 0.4) is 0 Å². The Morgan fingerprint density at radius 1 is 0.880 bits per heavy atom. The van der Waals surface area contributed by atoms with Gasteiger partial charge in [-0.1, -0.05) is 25.7 Å². The zero-order chi connectivity index (χ0) is 18.7. The molecule has 5 atom stereocenters. The van der Waals surface area contributed by atoms with Crippen LogP contribution in [-0.2, 0) is 4.79 Å². The smallest absolute Gasteiger partial charge is 0.132 e. The number of aliphatic hydroxyl groups is 5. The van der Waals surface area contributed by atoms with E-state index in [1.165, 1.54) is 0 Å². The molecule has 0 amide bonds. The van der Waals surface area contributed by atoms with Crippen LogP contribution in [0.1, 0.15) is 64.2 Å². The van der Waals surface area contributed by atoms with E-state index in [1.54, 1.807) is 0 Å². The highest BCUT2D eigenvalue weighted by Gasteiger charge is 2.43. The van der Waals surface area contributed by atoms with Crippen molar-refractivity contribution < 1.29 is 30.3 Å². The van der Waals surface area contributed by atoms with Gasteiger partial charge in [0.15, 0.2) is 0 Å². The van der Waals surface area contributed by atoms with Gasteiger partial charge in [0.1, 0.15) is 5.78 Å². The van der Waals surface area contributed by atoms with E-state index in [0.29, 0.717) is 25.7 Å². The third-order valence-corrected chi connectivity index (χ3v) is 4.97. The fourth-order valence-electron chi connectivity index (χ4n) is 3.34. The van der Waals surface area contributed by atoms with E-state index in [-0.39, 0.29) is 19.0 Å². The first-order valence-electron chi connectivity index (χ1n) is 9.55. The summed E-state index contributed by atoms with van der Waals surface area (Å²) in [7, 11) is 0. The maximum Gasteiger partial charge on any atom is 0.132 e. The van der Waals surface area contributed by atoms with Crippen molar-refractivity contribution in [2.45, 2.75) is 94.6 Å². The van der Waals surface area contributed by atoms with Crippen LogP contribution in [0.5, 0.6) is 0 Å². The summed E-state index contributed by atoms with van der Waals surface area (Å²) in [5.41, 5.74) is 0. The van der Waals surface area contributed by atoms with E-state index in [1.807, 2.05) is 0 Å². The van der Waals surface area contributed by atoms with E-state index in [0.717, 1.165) is 38.5 Å². The van der Waals surface area contributed by atoms with Gasteiger partial charge in [-0.25, -0.2) is 0 Å². The quantitative estimate of drug-likeness (QED) is 0.238. The third-order valence-electron chi connectivity index (χ3n) is 4.97. The second kappa shape index (κ2) is 12.7. The van der Waals surface area contributed by atoms with Gasteiger partial charge in [-0.2, -0.15) is 0 Å². The van der Waals surface area contributed by atoms with Gasteiger partial charge in [-0.15, -0.1) is 0 Å². The minimum atomic E-state index is -1.07. The van der Waals surface area contributed by atoms with Gasteiger partial charge in [0.25, 0.3) is 0 Å². The minimum Gasteiger partial charge on any atom is -0.396 e. The van der Waals surface area contributed by atoms with Crippen LogP contribution in [0.15, 0.2) is 0 Å². The fourth-order valence-corrected chi connectivity index (χ4v) is 3.34. The Morgan fingerprint density at radius 3 is 2.08 bits per heavy atom. The molecular weight excluding hydrogens is 326 g/mol. The summed E-state index contributed by atoms with van der Waals surface area (Å²) in [4.78, 5) is 11.6. The second-order valence-corrected chi connectivity index (χ2v) is 7.06. The highest BCUT2D eigenvalue weighted by atomic mass is 16.3. The molecule has 0 bridgehead atoms. The summed E-state index contributed by atoms with van der Waals surface area (Å²) in [6, 6.07) is -1.20. The lowest BCUT2D eigenvalue weighted by Gasteiger charge is -2.22. The number of Topliss-reactive ketones (excluding diaryl/α,β-unsaturated/α-hetero) is 1. The number of hydrogen-bond acceptors (Lipinski definition) is 7. The standard InChI is InChI=1S/C18H35NO6/c20-11-7-6-9-13(22)8-4-2-1-3-5-10-15(23)16-18(25)17(24)14(12-21)19-16/h14-21,23-25H,1-12H2/t14-,15?,16-,17-,18-/m1/s1. The lowest BCUT2D eigenvalue weighted by atomic mass is 9.98. The lowest BCUT2D eigenvalue weighted by Crippen LogP contribution is -2.44. The molecule has 1 saturated heterocycles. The van der Waals surface area contributed by atoms with E-state index in [9.17, 15) is 20.1 Å². The number of carbonyl (C=O) groups excluding carboxylic acids is 1. The average molecular weight is 361 g/mol. The number of rotatable bonds is 14. The Kier molecular flexibility index (Phi) is 11.4. The first-order valence-corrected chi connectivity index (χ1v) is 9.55. The van der Waals surface area contributed by atoms with Gasteiger partial charge < -0.3 is 30.8 Å². The van der Waals surface area contributed by atoms with Crippen LogP contribution in [0.4, 0.5) is 0 Å². The largest absolute Gasteiger partial charge is 0.396 e. The Bertz CT molecular complexity index is 367. The zero-order valence-corrected chi connectivity index (χ0v) is 15.0. The van der Waals surface area contributed by atoms with E-state index < -0.39 is 30.4 Å². The second-order valence-electron chi connectivity index (χ2n) is 7.06. The summed E-state index contributed by atoms with van der Waals surface area (Å²) in [6.07, 6.45) is 4.90. The number of unbranched alkanes of at least 4 members (excludes halogenated alkanes) is 5. The number of carbonyl (C=O) groups is 1. The molecule has 1 unspecified atom stereocenters. The summed E-state index contributed by atoms with van der Waals surface area (Å²) in [5, 5.41) is 50.4. The number of hydrogen-bond donors (Lipinski definition) is 6. The van der Waals surface area contributed by atoms with Crippen molar-refractivity contribution >= 4 is 5.78 Å². The van der Waals surface area contributed by atoms with Crippen molar-refractivity contribution in [2.24, 2.45) is 0 Å². The molecule has 0 aromatic carbocycles. The molecule has 6 N–H and O–H groups in total.